The van der Waals surface area contributed by atoms with E-state index in [4.69, 9.17) is 14.2 Å². The minimum Gasteiger partial charge on any atom is -0.491 e. The van der Waals surface area contributed by atoms with E-state index in [1.807, 2.05) is 6.92 Å². The Morgan fingerprint density at radius 1 is 0.649 bits per heavy atom. The Kier molecular flexibility index (Phi) is 11.4. The third-order valence-corrected chi connectivity index (χ3v) is 6.01. The summed E-state index contributed by atoms with van der Waals surface area (Å²) in [7, 11) is 0. The normalized spacial score (nSPS) is 10.8. The lowest BCUT2D eigenvalue weighted by molar-refractivity contribution is 0.0734. The van der Waals surface area contributed by atoms with Crippen LogP contribution in [0.1, 0.15) is 75.6 Å². The van der Waals surface area contributed by atoms with Crippen molar-refractivity contribution in [2.24, 2.45) is 0 Å². The fourth-order valence-corrected chi connectivity index (χ4v) is 3.82. The lowest BCUT2D eigenvalue weighted by Gasteiger charge is -2.10. The van der Waals surface area contributed by atoms with E-state index in [0.717, 1.165) is 37.3 Å². The zero-order chi connectivity index (χ0) is 26.5. The molecule has 0 saturated carbocycles. The minimum absolute atomic E-state index is 0.0908. The van der Waals surface area contributed by atoms with E-state index in [-0.39, 0.29) is 17.2 Å². The molecule has 3 aromatic carbocycles. The standard InChI is InChI=1S/C31H36F2O4/c1-3-5-7-8-9-10-20-36-29-17-15-25(21-27(29)32)23-11-13-24(14-12-23)31(34)37-26-16-18-30(28(33)22-26)35-19-6-4-2/h11-18,21-22H,3-10,19-20H2,1-2H3. The maximum Gasteiger partial charge on any atom is 0.343 e. The zero-order valence-electron chi connectivity index (χ0n) is 21.7. The summed E-state index contributed by atoms with van der Waals surface area (Å²) in [5, 5.41) is 0. The highest BCUT2D eigenvalue weighted by atomic mass is 19.1. The number of ether oxygens (including phenoxy) is 3. The van der Waals surface area contributed by atoms with Crippen LogP contribution in [0.15, 0.2) is 60.7 Å². The van der Waals surface area contributed by atoms with E-state index in [1.165, 1.54) is 43.9 Å². The van der Waals surface area contributed by atoms with Gasteiger partial charge in [0.1, 0.15) is 5.75 Å². The Labute approximate surface area is 218 Å². The van der Waals surface area contributed by atoms with Gasteiger partial charge in [0, 0.05) is 6.07 Å². The van der Waals surface area contributed by atoms with Crippen molar-refractivity contribution >= 4 is 5.97 Å². The van der Waals surface area contributed by atoms with E-state index in [9.17, 15) is 13.6 Å². The predicted octanol–water partition coefficient (Wildman–Crippen LogP) is 8.77. The van der Waals surface area contributed by atoms with Gasteiger partial charge in [-0.15, -0.1) is 0 Å². The van der Waals surface area contributed by atoms with Crippen molar-refractivity contribution in [1.29, 1.82) is 0 Å². The quantitative estimate of drug-likeness (QED) is 0.116. The van der Waals surface area contributed by atoms with Crippen LogP contribution in [0.4, 0.5) is 8.78 Å². The first kappa shape index (κ1) is 28.2. The van der Waals surface area contributed by atoms with Crippen LogP contribution in [-0.4, -0.2) is 19.2 Å². The van der Waals surface area contributed by atoms with Crippen LogP contribution in [0.25, 0.3) is 11.1 Å². The molecule has 0 radical (unpaired) electrons. The number of hydrogen-bond donors (Lipinski definition) is 0. The lowest BCUT2D eigenvalue weighted by Crippen LogP contribution is -2.08. The lowest BCUT2D eigenvalue weighted by atomic mass is 10.0. The zero-order valence-corrected chi connectivity index (χ0v) is 21.7. The van der Waals surface area contributed by atoms with Gasteiger partial charge in [0.25, 0.3) is 0 Å². The molecule has 4 nitrogen and oxygen atoms in total. The Morgan fingerprint density at radius 2 is 1.22 bits per heavy atom. The Balaban J connectivity index is 1.53. The summed E-state index contributed by atoms with van der Waals surface area (Å²) >= 11 is 0. The molecule has 0 spiro atoms. The Bertz CT molecular complexity index is 1130. The van der Waals surface area contributed by atoms with E-state index in [2.05, 4.69) is 6.92 Å². The van der Waals surface area contributed by atoms with Crippen LogP contribution in [0, 0.1) is 11.6 Å². The molecule has 0 aromatic heterocycles. The van der Waals surface area contributed by atoms with Gasteiger partial charge in [-0.25, -0.2) is 13.6 Å². The summed E-state index contributed by atoms with van der Waals surface area (Å²) in [6.45, 7) is 5.14. The van der Waals surface area contributed by atoms with Gasteiger partial charge in [-0.2, -0.15) is 0 Å². The largest absolute Gasteiger partial charge is 0.491 e. The second-order valence-corrected chi connectivity index (χ2v) is 9.02. The first-order valence-corrected chi connectivity index (χ1v) is 13.2. The predicted molar refractivity (Wildman–Crippen MR) is 142 cm³/mol. The summed E-state index contributed by atoms with van der Waals surface area (Å²) in [5.41, 5.74) is 1.72. The number of carbonyl (C=O) groups excluding carboxylic acids is 1. The minimum atomic E-state index is -0.616. The van der Waals surface area contributed by atoms with Crippen LogP contribution >= 0.6 is 0 Å². The van der Waals surface area contributed by atoms with Crippen LogP contribution in [0.5, 0.6) is 17.2 Å². The number of carbonyl (C=O) groups is 1. The van der Waals surface area contributed by atoms with Gasteiger partial charge in [0.2, 0.25) is 0 Å². The summed E-state index contributed by atoms with van der Waals surface area (Å²) in [4.78, 5) is 12.5. The molecule has 3 rings (SSSR count). The number of benzene rings is 3. The van der Waals surface area contributed by atoms with E-state index in [0.29, 0.717) is 24.3 Å². The van der Waals surface area contributed by atoms with Crippen molar-refractivity contribution in [3.05, 3.63) is 77.9 Å². The second kappa shape index (κ2) is 15.0. The monoisotopic (exact) mass is 510 g/mol. The van der Waals surface area contributed by atoms with Gasteiger partial charge >= 0.3 is 5.97 Å². The SMILES string of the molecule is CCCCCCCCOc1ccc(-c2ccc(C(=O)Oc3ccc(OCCCC)c(F)c3)cc2)cc1F. The van der Waals surface area contributed by atoms with Crippen molar-refractivity contribution in [3.63, 3.8) is 0 Å². The molecule has 198 valence electrons. The van der Waals surface area contributed by atoms with Gasteiger partial charge in [0.15, 0.2) is 23.1 Å². The smallest absolute Gasteiger partial charge is 0.343 e. The Morgan fingerprint density at radius 3 is 1.86 bits per heavy atom. The van der Waals surface area contributed by atoms with Crippen LogP contribution in [-0.2, 0) is 0 Å². The third-order valence-electron chi connectivity index (χ3n) is 6.01. The summed E-state index contributed by atoms with van der Waals surface area (Å²) in [5.74, 6) is -1.16. The highest BCUT2D eigenvalue weighted by Gasteiger charge is 2.13. The van der Waals surface area contributed by atoms with Crippen LogP contribution < -0.4 is 14.2 Å². The van der Waals surface area contributed by atoms with Gasteiger partial charge < -0.3 is 14.2 Å². The highest BCUT2D eigenvalue weighted by molar-refractivity contribution is 5.91. The number of halogens is 2. The van der Waals surface area contributed by atoms with Crippen molar-refractivity contribution in [2.75, 3.05) is 13.2 Å². The number of esters is 1. The number of hydrogen-bond acceptors (Lipinski definition) is 4. The van der Waals surface area contributed by atoms with Crippen molar-refractivity contribution in [3.8, 4) is 28.4 Å². The summed E-state index contributed by atoms with van der Waals surface area (Å²) in [6, 6.07) is 15.5. The summed E-state index contributed by atoms with van der Waals surface area (Å²) < 4.78 is 45.1. The molecule has 6 heteroatoms. The van der Waals surface area contributed by atoms with E-state index in [1.54, 1.807) is 36.4 Å². The number of rotatable bonds is 15. The molecule has 0 heterocycles. The fraction of sp³-hybridized carbons (Fsp3) is 0.387. The van der Waals surface area contributed by atoms with Gasteiger partial charge in [0.05, 0.1) is 18.8 Å². The third kappa shape index (κ3) is 8.88. The van der Waals surface area contributed by atoms with E-state index < -0.39 is 17.6 Å². The second-order valence-electron chi connectivity index (χ2n) is 9.02. The van der Waals surface area contributed by atoms with Gasteiger partial charge in [-0.1, -0.05) is 70.6 Å². The van der Waals surface area contributed by atoms with E-state index >= 15 is 0 Å². The molecule has 0 fully saturated rings. The van der Waals surface area contributed by atoms with Crippen molar-refractivity contribution < 1.29 is 27.8 Å². The van der Waals surface area contributed by atoms with Crippen molar-refractivity contribution in [1.82, 2.24) is 0 Å². The molecule has 37 heavy (non-hydrogen) atoms. The molecule has 0 N–H and O–H groups in total. The molecule has 0 atom stereocenters. The number of unbranched alkanes of at least 4 members (excludes halogenated alkanes) is 6. The van der Waals surface area contributed by atoms with Gasteiger partial charge in [-0.3, -0.25) is 0 Å². The Hall–Kier alpha value is -3.41. The molecule has 0 saturated heterocycles. The molecule has 0 aliphatic heterocycles. The topological polar surface area (TPSA) is 44.8 Å². The molecular formula is C31H36F2O4. The molecule has 0 aliphatic carbocycles. The maximum atomic E-state index is 14.6. The molecule has 0 amide bonds. The molecule has 0 aliphatic rings. The molecule has 0 bridgehead atoms. The van der Waals surface area contributed by atoms with Crippen LogP contribution in [0.3, 0.4) is 0 Å². The highest BCUT2D eigenvalue weighted by Crippen LogP contribution is 2.27. The van der Waals surface area contributed by atoms with Crippen LogP contribution in [0.2, 0.25) is 0 Å². The maximum absolute atomic E-state index is 14.6. The first-order valence-electron chi connectivity index (χ1n) is 13.2. The summed E-state index contributed by atoms with van der Waals surface area (Å²) in [6.07, 6.45) is 8.65. The first-order chi connectivity index (χ1) is 18.0. The average molecular weight is 511 g/mol. The molecule has 3 aromatic rings. The van der Waals surface area contributed by atoms with Gasteiger partial charge in [-0.05, 0) is 60.4 Å². The molecule has 0 unspecified atom stereocenters. The average Bonchev–Trinajstić information content (AvgIpc) is 2.90. The van der Waals surface area contributed by atoms with Crippen molar-refractivity contribution in [2.45, 2.75) is 65.2 Å². The fourth-order valence-electron chi connectivity index (χ4n) is 3.82. The molecular weight excluding hydrogens is 474 g/mol.